The fourth-order valence-corrected chi connectivity index (χ4v) is 3.83. The predicted molar refractivity (Wildman–Crippen MR) is 129 cm³/mol. The van der Waals surface area contributed by atoms with Gasteiger partial charge in [-0.2, -0.15) is 0 Å². The smallest absolute Gasteiger partial charge is 0.259 e. The highest BCUT2D eigenvalue weighted by atomic mass is 16.5. The monoisotopic (exact) mass is 451 g/mol. The first kappa shape index (κ1) is 24.5. The van der Waals surface area contributed by atoms with E-state index in [4.69, 9.17) is 4.74 Å². The van der Waals surface area contributed by atoms with Crippen molar-refractivity contribution in [2.75, 3.05) is 26.7 Å². The first-order chi connectivity index (χ1) is 15.8. The summed E-state index contributed by atoms with van der Waals surface area (Å²) in [4.78, 5) is 33.4. The second-order valence-corrected chi connectivity index (χ2v) is 8.62. The number of amides is 2. The van der Waals surface area contributed by atoms with Crippen LogP contribution in [0.1, 0.15) is 48.7 Å². The molecule has 0 radical (unpaired) electrons. The van der Waals surface area contributed by atoms with Gasteiger partial charge in [0.15, 0.2) is 0 Å². The molecule has 1 aliphatic heterocycles. The van der Waals surface area contributed by atoms with E-state index in [2.05, 4.69) is 4.98 Å². The highest BCUT2D eigenvalue weighted by Crippen LogP contribution is 2.28. The van der Waals surface area contributed by atoms with Crippen LogP contribution in [0.25, 0.3) is 12.2 Å². The van der Waals surface area contributed by atoms with Crippen LogP contribution in [0.4, 0.5) is 0 Å². The number of hydrogen-bond donors (Lipinski definition) is 1. The van der Waals surface area contributed by atoms with Crippen LogP contribution in [0.15, 0.2) is 42.6 Å². The van der Waals surface area contributed by atoms with Gasteiger partial charge in [0.05, 0.1) is 19.2 Å². The van der Waals surface area contributed by atoms with Gasteiger partial charge in [0.25, 0.3) is 5.91 Å². The Balaban J connectivity index is 1.96. The molecule has 2 heterocycles. The van der Waals surface area contributed by atoms with Crippen molar-refractivity contribution in [3.63, 3.8) is 0 Å². The van der Waals surface area contributed by atoms with Crippen LogP contribution in [0.2, 0.25) is 0 Å². The molecule has 1 aromatic carbocycles. The van der Waals surface area contributed by atoms with Crippen LogP contribution in [-0.2, 0) is 4.79 Å². The molecule has 3 atom stereocenters. The number of ether oxygens (including phenoxy) is 1. The van der Waals surface area contributed by atoms with Crippen molar-refractivity contribution in [3.05, 3.63) is 59.3 Å². The molecule has 0 spiro atoms. The Morgan fingerprint density at radius 1 is 1.30 bits per heavy atom. The molecular formula is C26H33N3O4. The minimum absolute atomic E-state index is 0.0269. The SMILES string of the molecule is CCC(=O)N(C)C[C@H]1Oc2ncc(/C=C/c3ccccc3)cc2C(=O)N([C@@H](C)CO)C[C@@H]1C. The maximum Gasteiger partial charge on any atom is 0.259 e. The summed E-state index contributed by atoms with van der Waals surface area (Å²) in [5.41, 5.74) is 2.17. The minimum atomic E-state index is -0.356. The van der Waals surface area contributed by atoms with E-state index in [0.717, 1.165) is 11.1 Å². The third-order valence-corrected chi connectivity index (χ3v) is 5.99. The first-order valence-corrected chi connectivity index (χ1v) is 11.4. The molecule has 1 N–H and O–H groups in total. The van der Waals surface area contributed by atoms with Crippen molar-refractivity contribution in [2.45, 2.75) is 39.3 Å². The molecule has 33 heavy (non-hydrogen) atoms. The molecule has 2 amide bonds. The Bertz CT molecular complexity index is 992. The van der Waals surface area contributed by atoms with Crippen LogP contribution < -0.4 is 4.74 Å². The van der Waals surface area contributed by atoms with E-state index < -0.39 is 0 Å². The van der Waals surface area contributed by atoms with Crippen LogP contribution in [0.5, 0.6) is 5.88 Å². The molecule has 0 aliphatic carbocycles. The van der Waals surface area contributed by atoms with Gasteiger partial charge in [0, 0.05) is 32.1 Å². The first-order valence-electron chi connectivity index (χ1n) is 11.4. The summed E-state index contributed by atoms with van der Waals surface area (Å²) in [7, 11) is 1.76. The Morgan fingerprint density at radius 3 is 2.67 bits per heavy atom. The number of benzene rings is 1. The van der Waals surface area contributed by atoms with Gasteiger partial charge < -0.3 is 19.6 Å². The number of aromatic nitrogens is 1. The summed E-state index contributed by atoms with van der Waals surface area (Å²) in [5.74, 6) is -0.0139. The van der Waals surface area contributed by atoms with Gasteiger partial charge in [-0.15, -0.1) is 0 Å². The van der Waals surface area contributed by atoms with E-state index in [0.29, 0.717) is 25.1 Å². The summed E-state index contributed by atoms with van der Waals surface area (Å²) in [5, 5.41) is 9.78. The highest BCUT2D eigenvalue weighted by molar-refractivity contribution is 5.97. The Labute approximate surface area is 195 Å². The van der Waals surface area contributed by atoms with Crippen molar-refractivity contribution < 1.29 is 19.4 Å². The second-order valence-electron chi connectivity index (χ2n) is 8.62. The topological polar surface area (TPSA) is 83.0 Å². The summed E-state index contributed by atoms with van der Waals surface area (Å²) in [6, 6.07) is 11.3. The number of aliphatic hydroxyl groups excluding tert-OH is 1. The van der Waals surface area contributed by atoms with Gasteiger partial charge in [0.1, 0.15) is 11.7 Å². The second kappa shape index (κ2) is 11.1. The van der Waals surface area contributed by atoms with Crippen molar-refractivity contribution in [1.82, 2.24) is 14.8 Å². The molecule has 2 aromatic rings. The lowest BCUT2D eigenvalue weighted by Crippen LogP contribution is -2.50. The van der Waals surface area contributed by atoms with Crippen LogP contribution in [-0.4, -0.2) is 70.6 Å². The number of nitrogens with zero attached hydrogens (tertiary/aromatic N) is 3. The molecule has 0 unspecified atom stereocenters. The summed E-state index contributed by atoms with van der Waals surface area (Å²) < 4.78 is 6.23. The molecule has 7 heteroatoms. The maximum atomic E-state index is 13.5. The van der Waals surface area contributed by atoms with Gasteiger partial charge >= 0.3 is 0 Å². The third-order valence-electron chi connectivity index (χ3n) is 5.99. The molecule has 0 saturated heterocycles. The lowest BCUT2D eigenvalue weighted by molar-refractivity contribution is -0.131. The number of likely N-dealkylation sites (N-methyl/N-ethyl adjacent to an activating group) is 1. The molecular weight excluding hydrogens is 418 g/mol. The van der Waals surface area contributed by atoms with E-state index in [1.807, 2.05) is 63.3 Å². The number of fused-ring (bicyclic) bond motifs is 1. The number of hydrogen-bond acceptors (Lipinski definition) is 5. The van der Waals surface area contributed by atoms with Gasteiger partial charge in [0.2, 0.25) is 11.8 Å². The molecule has 176 valence electrons. The predicted octanol–water partition coefficient (Wildman–Crippen LogP) is 3.34. The van der Waals surface area contributed by atoms with Crippen molar-refractivity contribution in [1.29, 1.82) is 0 Å². The van der Waals surface area contributed by atoms with Crippen LogP contribution in [0.3, 0.4) is 0 Å². The van der Waals surface area contributed by atoms with Crippen molar-refractivity contribution >= 4 is 24.0 Å². The lowest BCUT2D eigenvalue weighted by atomic mass is 9.99. The Morgan fingerprint density at radius 2 is 2.00 bits per heavy atom. The lowest BCUT2D eigenvalue weighted by Gasteiger charge is -2.37. The molecule has 0 saturated carbocycles. The number of carbonyl (C=O) groups is 2. The molecule has 1 aliphatic rings. The normalized spacial score (nSPS) is 19.4. The average Bonchev–Trinajstić information content (AvgIpc) is 2.84. The zero-order valence-corrected chi connectivity index (χ0v) is 19.8. The maximum absolute atomic E-state index is 13.5. The van der Waals surface area contributed by atoms with Crippen molar-refractivity contribution in [2.24, 2.45) is 5.92 Å². The molecule has 0 fully saturated rings. The molecule has 3 rings (SSSR count). The molecule has 1 aromatic heterocycles. The largest absolute Gasteiger partial charge is 0.472 e. The zero-order valence-electron chi connectivity index (χ0n) is 19.8. The van der Waals surface area contributed by atoms with Gasteiger partial charge in [-0.25, -0.2) is 4.98 Å². The zero-order chi connectivity index (χ0) is 24.0. The van der Waals surface area contributed by atoms with Gasteiger partial charge in [-0.05, 0) is 24.1 Å². The van der Waals surface area contributed by atoms with E-state index in [-0.39, 0.29) is 42.4 Å². The van der Waals surface area contributed by atoms with Crippen LogP contribution >= 0.6 is 0 Å². The number of pyridine rings is 1. The Hall–Kier alpha value is -3.19. The van der Waals surface area contributed by atoms with E-state index in [1.165, 1.54) is 0 Å². The highest BCUT2D eigenvalue weighted by Gasteiger charge is 2.34. The van der Waals surface area contributed by atoms with E-state index >= 15 is 0 Å². The minimum Gasteiger partial charge on any atom is -0.472 e. The number of carbonyl (C=O) groups excluding carboxylic acids is 2. The van der Waals surface area contributed by atoms with Gasteiger partial charge in [-0.1, -0.05) is 56.3 Å². The standard InChI is InChI=1S/C26H33N3O4/c1-5-24(31)28(4)16-23-18(2)15-29(19(3)17-30)26(32)22-13-21(14-27-25(22)33-23)12-11-20-9-7-6-8-10-20/h6-14,18-19,23,30H,5,15-17H2,1-4H3/b12-11+/t18-,19-,23+/m0/s1. The summed E-state index contributed by atoms with van der Waals surface area (Å²) >= 11 is 0. The number of aliphatic hydroxyl groups is 1. The fourth-order valence-electron chi connectivity index (χ4n) is 3.83. The van der Waals surface area contributed by atoms with Crippen LogP contribution in [0, 0.1) is 5.92 Å². The fraction of sp³-hybridized carbons (Fsp3) is 0.423. The van der Waals surface area contributed by atoms with E-state index in [9.17, 15) is 14.7 Å². The summed E-state index contributed by atoms with van der Waals surface area (Å²) in [6.45, 7) is 6.28. The van der Waals surface area contributed by atoms with E-state index in [1.54, 1.807) is 29.1 Å². The summed E-state index contributed by atoms with van der Waals surface area (Å²) in [6.07, 6.45) is 5.61. The molecule has 7 nitrogen and oxygen atoms in total. The van der Waals surface area contributed by atoms with Gasteiger partial charge in [-0.3, -0.25) is 9.59 Å². The van der Waals surface area contributed by atoms with Crippen molar-refractivity contribution in [3.8, 4) is 5.88 Å². The number of rotatable bonds is 7. The third kappa shape index (κ3) is 5.99. The Kier molecular flexibility index (Phi) is 8.22. The average molecular weight is 452 g/mol. The molecule has 0 bridgehead atoms. The quantitative estimate of drug-likeness (QED) is 0.698.